The molecule has 29 heavy (non-hydrogen) atoms. The second kappa shape index (κ2) is 9.57. The Morgan fingerprint density at radius 1 is 1.10 bits per heavy atom. The third-order valence-corrected chi connectivity index (χ3v) is 4.95. The molecule has 0 heterocycles. The van der Waals surface area contributed by atoms with E-state index in [1.54, 1.807) is 0 Å². The first-order valence-corrected chi connectivity index (χ1v) is 9.63. The zero-order valence-corrected chi connectivity index (χ0v) is 15.8. The molecule has 0 radical (unpaired) electrons. The van der Waals surface area contributed by atoms with E-state index in [4.69, 9.17) is 4.74 Å². The average molecular weight is 419 g/mol. The molecule has 0 bridgehead atoms. The number of non-ortho nitro benzene ring substituents is 1. The smallest absolute Gasteiger partial charge is 0.338 e. The van der Waals surface area contributed by atoms with Crippen LogP contribution in [0.4, 0.5) is 11.4 Å². The number of nitrogens with zero attached hydrogens (tertiary/aromatic N) is 1. The minimum atomic E-state index is -3.71. The van der Waals surface area contributed by atoms with Crippen molar-refractivity contribution in [3.05, 3.63) is 76.9 Å². The van der Waals surface area contributed by atoms with Gasteiger partial charge in [-0.05, 0) is 36.4 Å². The van der Waals surface area contributed by atoms with Crippen LogP contribution < -0.4 is 10.0 Å². The topological polar surface area (TPSA) is 145 Å². The summed E-state index contributed by atoms with van der Waals surface area (Å²) in [4.78, 5) is 33.8. The van der Waals surface area contributed by atoms with Gasteiger partial charge in [-0.2, -0.15) is 0 Å². The predicted molar refractivity (Wildman–Crippen MR) is 104 cm³/mol. The van der Waals surface area contributed by atoms with E-state index in [0.717, 1.165) is 0 Å². The van der Waals surface area contributed by atoms with Crippen LogP contribution >= 0.6 is 0 Å². The van der Waals surface area contributed by atoms with Crippen LogP contribution in [0.5, 0.6) is 0 Å². The SMILES string of the molecule is C=CCNS(=O)(=O)c1ccc(C(=O)OCC(=O)Nc2ccc([N+](=O)[O-])cc2)cc1. The van der Waals surface area contributed by atoms with Crippen molar-refractivity contribution in [1.29, 1.82) is 0 Å². The highest BCUT2D eigenvalue weighted by Gasteiger charge is 2.15. The summed E-state index contributed by atoms with van der Waals surface area (Å²) in [6.07, 6.45) is 1.39. The van der Waals surface area contributed by atoms with Crippen LogP contribution in [0.3, 0.4) is 0 Å². The third-order valence-electron chi connectivity index (χ3n) is 3.51. The van der Waals surface area contributed by atoms with Crippen LogP contribution in [-0.4, -0.2) is 38.4 Å². The number of amides is 1. The highest BCUT2D eigenvalue weighted by molar-refractivity contribution is 7.89. The lowest BCUT2D eigenvalue weighted by Gasteiger charge is -2.08. The average Bonchev–Trinajstić information content (AvgIpc) is 2.71. The Bertz CT molecular complexity index is 1020. The highest BCUT2D eigenvalue weighted by atomic mass is 32.2. The van der Waals surface area contributed by atoms with E-state index in [1.807, 2.05) is 0 Å². The van der Waals surface area contributed by atoms with Crippen LogP contribution in [-0.2, 0) is 19.6 Å². The van der Waals surface area contributed by atoms with E-state index in [9.17, 15) is 28.1 Å². The number of hydrogen-bond donors (Lipinski definition) is 2. The first kappa shape index (κ1) is 21.7. The van der Waals surface area contributed by atoms with E-state index >= 15 is 0 Å². The van der Waals surface area contributed by atoms with Crippen molar-refractivity contribution in [2.45, 2.75) is 4.90 Å². The number of anilines is 1. The minimum absolute atomic E-state index is 0.0354. The summed E-state index contributed by atoms with van der Waals surface area (Å²) in [5, 5.41) is 13.0. The molecule has 0 unspecified atom stereocenters. The maximum atomic E-state index is 12.0. The van der Waals surface area contributed by atoms with Gasteiger partial charge in [0.25, 0.3) is 11.6 Å². The first-order valence-electron chi connectivity index (χ1n) is 8.15. The van der Waals surface area contributed by atoms with Crippen molar-refractivity contribution in [1.82, 2.24) is 4.72 Å². The number of carbonyl (C=O) groups is 2. The standard InChI is InChI=1S/C18H17N3O7S/c1-2-11-19-29(26,27)16-9-3-13(4-10-16)18(23)28-12-17(22)20-14-5-7-15(8-6-14)21(24)25/h2-10,19H,1,11-12H2,(H,20,22). The Kier molecular flexibility index (Phi) is 7.17. The molecule has 1 amide bonds. The van der Waals surface area contributed by atoms with E-state index in [1.165, 1.54) is 54.6 Å². The summed E-state index contributed by atoms with van der Waals surface area (Å²) in [5.41, 5.74) is 0.244. The molecule has 0 saturated heterocycles. The second-order valence-corrected chi connectivity index (χ2v) is 7.36. The van der Waals surface area contributed by atoms with Gasteiger partial charge in [0.15, 0.2) is 6.61 Å². The third kappa shape index (κ3) is 6.23. The highest BCUT2D eigenvalue weighted by Crippen LogP contribution is 2.15. The quantitative estimate of drug-likeness (QED) is 0.273. The van der Waals surface area contributed by atoms with Crippen molar-refractivity contribution in [3.63, 3.8) is 0 Å². The predicted octanol–water partition coefficient (Wildman–Crippen LogP) is 1.85. The molecule has 0 fully saturated rings. The Labute approximate surface area is 166 Å². The number of carbonyl (C=O) groups excluding carboxylic acids is 2. The fourth-order valence-electron chi connectivity index (χ4n) is 2.10. The number of esters is 1. The number of hydrogen-bond acceptors (Lipinski definition) is 7. The molecule has 2 rings (SSSR count). The number of nitrogens with one attached hydrogen (secondary N) is 2. The summed E-state index contributed by atoms with van der Waals surface area (Å²) < 4.78 is 31.1. The normalized spacial score (nSPS) is 10.8. The molecule has 10 nitrogen and oxygen atoms in total. The van der Waals surface area contributed by atoms with E-state index in [2.05, 4.69) is 16.6 Å². The van der Waals surface area contributed by atoms with Gasteiger partial charge in [-0.15, -0.1) is 6.58 Å². The molecule has 0 atom stereocenters. The molecular formula is C18H17N3O7S. The summed E-state index contributed by atoms with van der Waals surface area (Å²) in [6, 6.07) is 10.1. The van der Waals surface area contributed by atoms with Crippen molar-refractivity contribution < 1.29 is 27.7 Å². The summed E-state index contributed by atoms with van der Waals surface area (Å²) in [5.74, 6) is -1.45. The van der Waals surface area contributed by atoms with Gasteiger partial charge in [0.1, 0.15) is 0 Å². The van der Waals surface area contributed by atoms with E-state index in [-0.39, 0.29) is 22.7 Å². The minimum Gasteiger partial charge on any atom is -0.452 e. The lowest BCUT2D eigenvalue weighted by Crippen LogP contribution is -2.23. The van der Waals surface area contributed by atoms with E-state index in [0.29, 0.717) is 5.69 Å². The zero-order chi connectivity index (χ0) is 21.4. The van der Waals surface area contributed by atoms with Crippen molar-refractivity contribution in [3.8, 4) is 0 Å². The fourth-order valence-corrected chi connectivity index (χ4v) is 3.10. The van der Waals surface area contributed by atoms with Gasteiger partial charge in [-0.1, -0.05) is 6.08 Å². The van der Waals surface area contributed by atoms with Crippen molar-refractivity contribution in [2.75, 3.05) is 18.5 Å². The number of sulfonamides is 1. The van der Waals surface area contributed by atoms with Gasteiger partial charge in [0.2, 0.25) is 10.0 Å². The van der Waals surface area contributed by atoms with Gasteiger partial charge >= 0.3 is 5.97 Å². The molecule has 0 aliphatic rings. The zero-order valence-electron chi connectivity index (χ0n) is 15.0. The van der Waals surface area contributed by atoms with Crippen molar-refractivity contribution >= 4 is 33.3 Å². The van der Waals surface area contributed by atoms with Crippen LogP contribution in [0.2, 0.25) is 0 Å². The largest absolute Gasteiger partial charge is 0.452 e. The maximum absolute atomic E-state index is 12.0. The van der Waals surface area contributed by atoms with Crippen LogP contribution in [0, 0.1) is 10.1 Å². The molecule has 152 valence electrons. The Morgan fingerprint density at radius 3 is 2.28 bits per heavy atom. The monoisotopic (exact) mass is 419 g/mol. The molecule has 0 aliphatic carbocycles. The van der Waals surface area contributed by atoms with Gasteiger partial charge in [0.05, 0.1) is 15.4 Å². The lowest BCUT2D eigenvalue weighted by atomic mass is 10.2. The summed E-state index contributed by atoms with van der Waals surface area (Å²) in [7, 11) is -3.71. The Morgan fingerprint density at radius 2 is 1.72 bits per heavy atom. The number of benzene rings is 2. The molecule has 0 spiro atoms. The molecule has 11 heteroatoms. The number of ether oxygens (including phenoxy) is 1. The molecular weight excluding hydrogens is 402 g/mol. The Hall–Kier alpha value is -3.57. The lowest BCUT2D eigenvalue weighted by molar-refractivity contribution is -0.384. The van der Waals surface area contributed by atoms with Gasteiger partial charge < -0.3 is 10.1 Å². The van der Waals surface area contributed by atoms with Crippen LogP contribution in [0.25, 0.3) is 0 Å². The number of nitro benzene ring substituents is 1. The molecule has 2 aromatic rings. The van der Waals surface area contributed by atoms with Gasteiger partial charge in [-0.25, -0.2) is 17.9 Å². The molecule has 0 aliphatic heterocycles. The van der Waals surface area contributed by atoms with Gasteiger partial charge in [-0.3, -0.25) is 14.9 Å². The summed E-state index contributed by atoms with van der Waals surface area (Å²) >= 11 is 0. The summed E-state index contributed by atoms with van der Waals surface area (Å²) in [6.45, 7) is 2.90. The first-order chi connectivity index (χ1) is 13.7. The van der Waals surface area contributed by atoms with Crippen LogP contribution in [0.15, 0.2) is 66.1 Å². The van der Waals surface area contributed by atoms with Crippen LogP contribution in [0.1, 0.15) is 10.4 Å². The molecule has 2 N–H and O–H groups in total. The maximum Gasteiger partial charge on any atom is 0.338 e. The van der Waals surface area contributed by atoms with E-state index < -0.39 is 33.4 Å². The number of rotatable bonds is 9. The molecule has 0 aromatic heterocycles. The molecule has 0 saturated carbocycles. The van der Waals surface area contributed by atoms with Crippen molar-refractivity contribution in [2.24, 2.45) is 0 Å². The Balaban J connectivity index is 1.90. The van der Waals surface area contributed by atoms with Gasteiger partial charge in [0, 0.05) is 24.4 Å². The number of nitro groups is 1. The fraction of sp³-hybridized carbons (Fsp3) is 0.111. The molecule has 2 aromatic carbocycles. The second-order valence-electron chi connectivity index (χ2n) is 5.59.